The van der Waals surface area contributed by atoms with Gasteiger partial charge in [-0.3, -0.25) is 4.40 Å². The number of ether oxygens (including phenoxy) is 1. The van der Waals surface area contributed by atoms with E-state index in [1.807, 2.05) is 0 Å². The van der Waals surface area contributed by atoms with Gasteiger partial charge < -0.3 is 4.74 Å². The van der Waals surface area contributed by atoms with Crippen LogP contribution in [0.2, 0.25) is 5.15 Å². The van der Waals surface area contributed by atoms with E-state index in [4.69, 9.17) is 16.3 Å². The van der Waals surface area contributed by atoms with Crippen LogP contribution in [-0.4, -0.2) is 22.0 Å². The Morgan fingerprint density at radius 2 is 2.31 bits per heavy atom. The predicted octanol–water partition coefficient (Wildman–Crippen LogP) is 2.47. The molecule has 0 aromatic carbocycles. The van der Waals surface area contributed by atoms with Gasteiger partial charge in [0.1, 0.15) is 10.8 Å². The lowest BCUT2D eigenvalue weighted by Crippen LogP contribution is -2.07. The van der Waals surface area contributed by atoms with Gasteiger partial charge in [-0.05, 0) is 26.0 Å². The molecular formula is C11H11ClN2O2. The topological polar surface area (TPSA) is 43.6 Å². The van der Waals surface area contributed by atoms with Crippen LogP contribution in [0.25, 0.3) is 5.65 Å². The fourth-order valence-electron chi connectivity index (χ4n) is 1.59. The molecule has 4 nitrogen and oxygen atoms in total. The van der Waals surface area contributed by atoms with Crippen molar-refractivity contribution < 1.29 is 9.53 Å². The second-order valence-electron chi connectivity index (χ2n) is 3.31. The fraction of sp³-hybridized carbons (Fsp3) is 0.273. The van der Waals surface area contributed by atoms with Crippen LogP contribution in [0.5, 0.6) is 0 Å². The number of aromatic nitrogens is 2. The largest absolute Gasteiger partial charge is 0.461 e. The molecule has 0 bridgehead atoms. The summed E-state index contributed by atoms with van der Waals surface area (Å²) < 4.78 is 6.64. The Kier molecular flexibility index (Phi) is 2.83. The summed E-state index contributed by atoms with van der Waals surface area (Å²) in [5.74, 6) is -0.417. The monoisotopic (exact) mass is 238 g/mol. The Balaban J connectivity index is 2.61. The third kappa shape index (κ3) is 1.65. The second kappa shape index (κ2) is 4.14. The summed E-state index contributed by atoms with van der Waals surface area (Å²) in [6, 6.07) is 5.33. The lowest BCUT2D eigenvalue weighted by Gasteiger charge is -2.00. The number of hydrogen-bond acceptors (Lipinski definition) is 3. The zero-order chi connectivity index (χ0) is 11.7. The second-order valence-corrected chi connectivity index (χ2v) is 3.70. The van der Waals surface area contributed by atoms with E-state index < -0.39 is 5.97 Å². The standard InChI is InChI=1S/C11H11ClN2O2/c1-3-16-11(15)10-7(2)14-8(12)5-4-6-9(14)13-10/h4-6H,3H2,1-2H3. The summed E-state index contributed by atoms with van der Waals surface area (Å²) in [5.41, 5.74) is 1.65. The summed E-state index contributed by atoms with van der Waals surface area (Å²) in [7, 11) is 0. The first kappa shape index (κ1) is 11.0. The number of carbonyl (C=O) groups excluding carboxylic acids is 1. The molecule has 0 radical (unpaired) electrons. The highest BCUT2D eigenvalue weighted by molar-refractivity contribution is 6.29. The van der Waals surface area contributed by atoms with Crippen LogP contribution < -0.4 is 0 Å². The summed E-state index contributed by atoms with van der Waals surface area (Å²) in [6.45, 7) is 3.88. The fourth-order valence-corrected chi connectivity index (χ4v) is 1.87. The molecule has 0 spiro atoms. The zero-order valence-corrected chi connectivity index (χ0v) is 9.78. The summed E-state index contributed by atoms with van der Waals surface area (Å²) in [5, 5.41) is 0.526. The number of aryl methyl sites for hydroxylation is 1. The van der Waals surface area contributed by atoms with Gasteiger partial charge in [-0.15, -0.1) is 0 Å². The van der Waals surface area contributed by atoms with Crippen LogP contribution in [0.3, 0.4) is 0 Å². The van der Waals surface area contributed by atoms with Crippen molar-refractivity contribution in [3.8, 4) is 0 Å². The van der Waals surface area contributed by atoms with E-state index in [-0.39, 0.29) is 0 Å². The molecule has 0 unspecified atom stereocenters. The predicted molar refractivity (Wildman–Crippen MR) is 60.9 cm³/mol. The number of hydrogen-bond donors (Lipinski definition) is 0. The highest BCUT2D eigenvalue weighted by Gasteiger charge is 2.17. The Morgan fingerprint density at radius 1 is 1.56 bits per heavy atom. The molecule has 84 valence electrons. The molecule has 0 amide bonds. The quantitative estimate of drug-likeness (QED) is 0.596. The highest BCUT2D eigenvalue weighted by atomic mass is 35.5. The molecule has 0 aliphatic rings. The minimum absolute atomic E-state index is 0.315. The smallest absolute Gasteiger partial charge is 0.358 e. The van der Waals surface area contributed by atoms with E-state index in [1.165, 1.54) is 0 Å². The average molecular weight is 239 g/mol. The lowest BCUT2D eigenvalue weighted by molar-refractivity contribution is 0.0519. The zero-order valence-electron chi connectivity index (χ0n) is 9.03. The number of imidazole rings is 1. The molecule has 5 heteroatoms. The molecule has 2 aromatic heterocycles. The molecule has 0 N–H and O–H groups in total. The number of esters is 1. The van der Waals surface area contributed by atoms with Crippen molar-refractivity contribution in [2.75, 3.05) is 6.61 Å². The van der Waals surface area contributed by atoms with Crippen molar-refractivity contribution in [3.63, 3.8) is 0 Å². The molecule has 0 atom stereocenters. The Labute approximate surface area is 97.8 Å². The molecule has 2 rings (SSSR count). The van der Waals surface area contributed by atoms with Crippen LogP contribution in [0.4, 0.5) is 0 Å². The first-order valence-electron chi connectivity index (χ1n) is 4.96. The lowest BCUT2D eigenvalue weighted by atomic mass is 10.3. The van der Waals surface area contributed by atoms with E-state index in [2.05, 4.69) is 4.98 Å². The van der Waals surface area contributed by atoms with Crippen molar-refractivity contribution >= 4 is 23.2 Å². The van der Waals surface area contributed by atoms with Gasteiger partial charge in [-0.1, -0.05) is 17.7 Å². The number of rotatable bonds is 2. The van der Waals surface area contributed by atoms with Gasteiger partial charge in [-0.2, -0.15) is 0 Å². The maximum Gasteiger partial charge on any atom is 0.358 e. The Hall–Kier alpha value is -1.55. The van der Waals surface area contributed by atoms with Gasteiger partial charge in [0.25, 0.3) is 0 Å². The molecule has 0 aliphatic heterocycles. The molecule has 2 aromatic rings. The number of carbonyl (C=O) groups is 1. The van der Waals surface area contributed by atoms with Crippen LogP contribution >= 0.6 is 11.6 Å². The average Bonchev–Trinajstić information content (AvgIpc) is 2.58. The van der Waals surface area contributed by atoms with E-state index in [9.17, 15) is 4.79 Å². The van der Waals surface area contributed by atoms with Crippen LogP contribution in [-0.2, 0) is 4.74 Å². The Morgan fingerprint density at radius 3 is 2.94 bits per heavy atom. The van der Waals surface area contributed by atoms with Crippen LogP contribution in [0, 0.1) is 6.92 Å². The highest BCUT2D eigenvalue weighted by Crippen LogP contribution is 2.18. The van der Waals surface area contributed by atoms with Crippen molar-refractivity contribution in [1.29, 1.82) is 0 Å². The Bertz CT molecular complexity index is 548. The molecule has 2 heterocycles. The molecule has 0 fully saturated rings. The van der Waals surface area contributed by atoms with E-state index >= 15 is 0 Å². The molecule has 0 saturated heterocycles. The molecule has 0 aliphatic carbocycles. The first-order valence-corrected chi connectivity index (χ1v) is 5.33. The molecule has 0 saturated carbocycles. The number of nitrogens with zero attached hydrogens (tertiary/aromatic N) is 2. The van der Waals surface area contributed by atoms with Gasteiger partial charge in [0.15, 0.2) is 5.69 Å². The van der Waals surface area contributed by atoms with Gasteiger partial charge in [0, 0.05) is 0 Å². The van der Waals surface area contributed by atoms with Crippen molar-refractivity contribution in [3.05, 3.63) is 34.7 Å². The number of pyridine rings is 1. The minimum atomic E-state index is -0.417. The third-order valence-corrected chi connectivity index (χ3v) is 2.59. The van der Waals surface area contributed by atoms with Gasteiger partial charge in [-0.25, -0.2) is 9.78 Å². The van der Waals surface area contributed by atoms with E-state index in [0.717, 1.165) is 0 Å². The maximum atomic E-state index is 11.6. The first-order chi connectivity index (χ1) is 7.65. The summed E-state index contributed by atoms with van der Waals surface area (Å²) in [6.07, 6.45) is 0. The molecular weight excluding hydrogens is 228 g/mol. The van der Waals surface area contributed by atoms with Gasteiger partial charge in [0.2, 0.25) is 0 Å². The number of halogens is 1. The number of fused-ring (bicyclic) bond motifs is 1. The van der Waals surface area contributed by atoms with Crippen molar-refractivity contribution in [2.24, 2.45) is 0 Å². The van der Waals surface area contributed by atoms with Gasteiger partial charge >= 0.3 is 5.97 Å². The summed E-state index contributed by atoms with van der Waals surface area (Å²) in [4.78, 5) is 15.8. The maximum absolute atomic E-state index is 11.6. The third-order valence-electron chi connectivity index (χ3n) is 2.30. The van der Waals surface area contributed by atoms with E-state index in [0.29, 0.717) is 28.8 Å². The van der Waals surface area contributed by atoms with Crippen LogP contribution in [0.1, 0.15) is 23.1 Å². The van der Waals surface area contributed by atoms with Gasteiger partial charge in [0.05, 0.1) is 12.3 Å². The van der Waals surface area contributed by atoms with Crippen LogP contribution in [0.15, 0.2) is 18.2 Å². The van der Waals surface area contributed by atoms with Crippen molar-refractivity contribution in [2.45, 2.75) is 13.8 Å². The minimum Gasteiger partial charge on any atom is -0.461 e. The normalized spacial score (nSPS) is 10.7. The molecule has 16 heavy (non-hydrogen) atoms. The SMILES string of the molecule is CCOC(=O)c1nc2cccc(Cl)n2c1C. The van der Waals surface area contributed by atoms with E-state index in [1.54, 1.807) is 36.4 Å². The van der Waals surface area contributed by atoms with Crippen molar-refractivity contribution in [1.82, 2.24) is 9.38 Å². The summed E-state index contributed by atoms with van der Waals surface area (Å²) >= 11 is 6.03.